The number of ether oxygens (including phenoxy) is 1. The summed E-state index contributed by atoms with van der Waals surface area (Å²) in [6, 6.07) is -0.803. The van der Waals surface area contributed by atoms with Crippen LogP contribution in [0.2, 0.25) is 0 Å². The van der Waals surface area contributed by atoms with Gasteiger partial charge >= 0.3 is 5.97 Å². The monoisotopic (exact) mass is 556 g/mol. The van der Waals surface area contributed by atoms with E-state index in [4.69, 9.17) is 9.15 Å². The van der Waals surface area contributed by atoms with Crippen molar-refractivity contribution in [3.05, 3.63) is 53.8 Å². The van der Waals surface area contributed by atoms with E-state index in [1.54, 1.807) is 12.2 Å². The molecule has 1 fully saturated rings. The van der Waals surface area contributed by atoms with Gasteiger partial charge in [0, 0.05) is 31.5 Å². The van der Waals surface area contributed by atoms with Crippen molar-refractivity contribution in [3.63, 3.8) is 0 Å². The largest absolute Gasteiger partial charge is 0.460 e. The number of carbonyl (C=O) groups is 3. The van der Waals surface area contributed by atoms with E-state index in [2.05, 4.69) is 10.3 Å². The molecule has 1 aromatic rings. The molecular weight excluding hydrogens is 512 g/mol. The second-order valence-corrected chi connectivity index (χ2v) is 11.3. The fraction of sp³-hybridized carbons (Fsp3) is 0.600. The zero-order valence-electron chi connectivity index (χ0n) is 24.5. The molecule has 0 saturated carbocycles. The summed E-state index contributed by atoms with van der Waals surface area (Å²) in [4.78, 5) is 47.0. The fourth-order valence-electron chi connectivity index (χ4n) is 5.16. The Kier molecular flexibility index (Phi) is 11.3. The second kappa shape index (κ2) is 14.4. The fourth-order valence-corrected chi connectivity index (χ4v) is 5.16. The molecule has 0 spiro atoms. The third-order valence-corrected chi connectivity index (χ3v) is 7.42. The van der Waals surface area contributed by atoms with Crippen LogP contribution in [0, 0.1) is 11.8 Å². The number of esters is 1. The van der Waals surface area contributed by atoms with Crippen molar-refractivity contribution in [2.24, 2.45) is 11.8 Å². The molecule has 1 aromatic heterocycles. The van der Waals surface area contributed by atoms with Crippen LogP contribution in [-0.2, 0) is 20.7 Å². The van der Waals surface area contributed by atoms with E-state index < -0.39 is 24.2 Å². The number of oxazole rings is 1. The van der Waals surface area contributed by atoms with Gasteiger partial charge in [0.15, 0.2) is 11.6 Å². The molecule has 1 unspecified atom stereocenters. The molecule has 2 aliphatic rings. The van der Waals surface area contributed by atoms with Crippen molar-refractivity contribution < 1.29 is 28.6 Å². The summed E-state index contributed by atoms with van der Waals surface area (Å²) in [5.74, 6) is -0.896. The number of hydrogen-bond acceptors (Lipinski definition) is 8. The minimum absolute atomic E-state index is 0.00230. The van der Waals surface area contributed by atoms with E-state index >= 15 is 0 Å². The topological polar surface area (TPSA) is 125 Å². The summed E-state index contributed by atoms with van der Waals surface area (Å²) >= 11 is 0. The van der Waals surface area contributed by atoms with Gasteiger partial charge in [-0.05, 0) is 52.3 Å². The van der Waals surface area contributed by atoms with E-state index in [0.717, 1.165) is 5.57 Å². The van der Waals surface area contributed by atoms with Gasteiger partial charge in [0.2, 0.25) is 5.91 Å². The number of aliphatic hydroxyl groups excluding tert-OH is 1. The number of aliphatic hydroxyl groups is 1. The summed E-state index contributed by atoms with van der Waals surface area (Å²) in [5, 5.41) is 13.5. The summed E-state index contributed by atoms with van der Waals surface area (Å²) in [5.41, 5.74) is 1.02. The van der Waals surface area contributed by atoms with Crippen LogP contribution in [0.4, 0.5) is 0 Å². The molecule has 3 rings (SSSR count). The summed E-state index contributed by atoms with van der Waals surface area (Å²) in [6.45, 7) is 8.47. The van der Waals surface area contributed by atoms with E-state index in [-0.39, 0.29) is 35.4 Å². The lowest BCUT2D eigenvalue weighted by atomic mass is 9.94. The van der Waals surface area contributed by atoms with Crippen molar-refractivity contribution in [3.8, 4) is 0 Å². The SMILES string of the molecule is CC1=C\[C@@H](O)C[C@@H](N(C)C)Cc2nc(co2)C(=O)N2CCC[C@@H]2C(=O)OC(C(C)C)[C@H](C)/C=C/C(=O)NC\C=C\1. The number of aromatic nitrogens is 1. The van der Waals surface area contributed by atoms with Gasteiger partial charge in [-0.25, -0.2) is 9.78 Å². The van der Waals surface area contributed by atoms with Gasteiger partial charge < -0.3 is 29.4 Å². The number of hydrogen-bond donors (Lipinski definition) is 2. The minimum atomic E-state index is -0.709. The Morgan fingerprint density at radius 3 is 2.65 bits per heavy atom. The Hall–Kier alpha value is -3.24. The lowest BCUT2D eigenvalue weighted by molar-refractivity contribution is -0.158. The summed E-state index contributed by atoms with van der Waals surface area (Å²) < 4.78 is 11.6. The number of amides is 2. The van der Waals surface area contributed by atoms with Gasteiger partial charge in [0.05, 0.1) is 6.10 Å². The molecule has 0 aliphatic carbocycles. The average molecular weight is 557 g/mol. The average Bonchev–Trinajstić information content (AvgIpc) is 3.57. The van der Waals surface area contributed by atoms with Crippen LogP contribution in [0.3, 0.4) is 0 Å². The molecule has 40 heavy (non-hydrogen) atoms. The summed E-state index contributed by atoms with van der Waals surface area (Å²) in [6.07, 6.45) is 10.8. The van der Waals surface area contributed by atoms with Gasteiger partial charge in [-0.1, -0.05) is 50.6 Å². The first-order valence-corrected chi connectivity index (χ1v) is 14.1. The molecular formula is C30H44N4O6. The maximum atomic E-state index is 13.4. The molecule has 220 valence electrons. The molecule has 0 radical (unpaired) electrons. The number of nitrogens with one attached hydrogen (secondary N) is 1. The van der Waals surface area contributed by atoms with Crippen LogP contribution < -0.4 is 5.32 Å². The van der Waals surface area contributed by atoms with Crippen LogP contribution in [0.1, 0.15) is 63.3 Å². The van der Waals surface area contributed by atoms with Gasteiger partial charge in [-0.3, -0.25) is 9.59 Å². The standard InChI is InChI=1S/C30H44N4O6/c1-19(2)28-21(4)11-12-26(36)31-13-7-9-20(3)15-23(35)16-22(33(5)6)17-27-32-24(18-39-27)29(37)34-14-8-10-25(34)30(38)40-28/h7,9,11-12,15,18-19,21-23,25,28,35H,8,10,13-14,16-17H2,1-6H3,(H,31,36)/b9-7+,12-11+,20-15+/t21-,22-,23-,25-,28?/m1/s1. The number of likely N-dealkylation sites (N-methyl/N-ethyl adjacent to an activating group) is 1. The number of carbonyl (C=O) groups excluding carboxylic acids is 3. The molecule has 0 aromatic carbocycles. The predicted octanol–water partition coefficient (Wildman–Crippen LogP) is 2.90. The lowest BCUT2D eigenvalue weighted by Gasteiger charge is -2.29. The Balaban J connectivity index is 1.89. The molecule has 2 aliphatic heterocycles. The van der Waals surface area contributed by atoms with Crippen molar-refractivity contribution in [1.82, 2.24) is 20.1 Å². The van der Waals surface area contributed by atoms with E-state index in [1.807, 2.05) is 58.8 Å². The zero-order valence-corrected chi connectivity index (χ0v) is 24.5. The van der Waals surface area contributed by atoms with Gasteiger partial charge in [0.1, 0.15) is 18.4 Å². The Bertz CT molecular complexity index is 1120. The van der Waals surface area contributed by atoms with E-state index in [9.17, 15) is 19.5 Å². The summed E-state index contributed by atoms with van der Waals surface area (Å²) in [7, 11) is 3.83. The van der Waals surface area contributed by atoms with Gasteiger partial charge in [-0.15, -0.1) is 0 Å². The lowest BCUT2D eigenvalue weighted by Crippen LogP contribution is -2.44. The van der Waals surface area contributed by atoms with Crippen molar-refractivity contribution in [2.75, 3.05) is 27.2 Å². The molecule has 2 amide bonds. The number of rotatable bonds is 2. The highest BCUT2D eigenvalue weighted by atomic mass is 16.5. The minimum Gasteiger partial charge on any atom is -0.460 e. The molecule has 3 heterocycles. The van der Waals surface area contributed by atoms with Gasteiger partial charge in [-0.2, -0.15) is 0 Å². The molecule has 5 atom stereocenters. The Labute approximate surface area is 237 Å². The molecule has 2 N–H and O–H groups in total. The molecule has 10 nitrogen and oxygen atoms in total. The number of cyclic esters (lactones) is 1. The zero-order chi connectivity index (χ0) is 29.4. The number of fused-ring (bicyclic) bond motifs is 3. The van der Waals surface area contributed by atoms with Crippen LogP contribution in [0.25, 0.3) is 0 Å². The van der Waals surface area contributed by atoms with Crippen molar-refractivity contribution in [1.29, 1.82) is 0 Å². The van der Waals surface area contributed by atoms with Crippen LogP contribution in [0.5, 0.6) is 0 Å². The third-order valence-electron chi connectivity index (χ3n) is 7.42. The highest BCUT2D eigenvalue weighted by Crippen LogP contribution is 2.25. The molecule has 1 saturated heterocycles. The quantitative estimate of drug-likeness (QED) is 0.533. The Morgan fingerprint density at radius 2 is 1.95 bits per heavy atom. The Morgan fingerprint density at radius 1 is 1.20 bits per heavy atom. The maximum Gasteiger partial charge on any atom is 0.329 e. The molecule has 10 heteroatoms. The highest BCUT2D eigenvalue weighted by molar-refractivity contribution is 5.95. The van der Waals surface area contributed by atoms with Crippen molar-refractivity contribution >= 4 is 17.8 Å². The maximum absolute atomic E-state index is 13.4. The molecule has 2 bridgehead atoms. The smallest absolute Gasteiger partial charge is 0.329 e. The second-order valence-electron chi connectivity index (χ2n) is 11.3. The number of nitrogens with zero attached hydrogens (tertiary/aromatic N) is 3. The van der Waals surface area contributed by atoms with Gasteiger partial charge in [0.25, 0.3) is 5.91 Å². The van der Waals surface area contributed by atoms with Crippen LogP contribution in [-0.4, -0.2) is 89.2 Å². The van der Waals surface area contributed by atoms with E-state index in [0.29, 0.717) is 44.7 Å². The first kappa shape index (κ1) is 31.3. The van der Waals surface area contributed by atoms with Crippen molar-refractivity contribution in [2.45, 2.75) is 77.7 Å². The predicted molar refractivity (Wildman–Crippen MR) is 151 cm³/mol. The van der Waals surface area contributed by atoms with Crippen LogP contribution >= 0.6 is 0 Å². The first-order valence-electron chi connectivity index (χ1n) is 14.1. The van der Waals surface area contributed by atoms with E-state index in [1.165, 1.54) is 17.2 Å². The highest BCUT2D eigenvalue weighted by Gasteiger charge is 2.38. The third kappa shape index (κ3) is 8.63. The normalized spacial score (nSPS) is 30.8. The van der Waals surface area contributed by atoms with Crippen LogP contribution in [0.15, 0.2) is 46.6 Å². The number of allylic oxidation sites excluding steroid dienone is 2. The first-order chi connectivity index (χ1) is 19.0.